The fourth-order valence-corrected chi connectivity index (χ4v) is 8.84. The number of rotatable bonds is 9. The fourth-order valence-electron chi connectivity index (χ4n) is 8.21. The van der Waals surface area contributed by atoms with Crippen molar-refractivity contribution >= 4 is 62.8 Å². The van der Waals surface area contributed by atoms with E-state index in [1.807, 2.05) is 6.08 Å². The minimum Gasteiger partial charge on any atom is -0.504 e. The summed E-state index contributed by atoms with van der Waals surface area (Å²) in [4.78, 5) is 69.6. The first-order valence-corrected chi connectivity index (χ1v) is 16.6. The number of carbonyl (C=O) groups excluding carboxylic acids is 4. The number of carbonyl (C=O) groups is 5. The minimum absolute atomic E-state index is 0.00513. The van der Waals surface area contributed by atoms with Gasteiger partial charge in [-0.05, 0) is 68.9 Å². The number of nitrogens with zero attached hydrogens (tertiary/aromatic N) is 2. The Hall–Kier alpha value is -3.77. The van der Waals surface area contributed by atoms with Crippen LogP contribution in [0.2, 0.25) is 5.02 Å². The van der Waals surface area contributed by atoms with Gasteiger partial charge in [0.1, 0.15) is 5.82 Å². The molecule has 2 heterocycles. The van der Waals surface area contributed by atoms with Crippen molar-refractivity contribution in [3.63, 3.8) is 0 Å². The first-order chi connectivity index (χ1) is 22.3. The molecular formula is C34H33BrClFN2O8. The van der Waals surface area contributed by atoms with E-state index in [9.17, 15) is 33.5 Å². The van der Waals surface area contributed by atoms with Gasteiger partial charge in [-0.15, -0.1) is 0 Å². The number of ether oxygens (including phenoxy) is 1. The number of fused-ring (bicyclic) bond motifs is 4. The molecule has 6 rings (SSSR count). The molecule has 248 valence electrons. The molecule has 0 aromatic heterocycles. The zero-order valence-corrected chi connectivity index (χ0v) is 28.0. The number of imide groups is 2. The van der Waals surface area contributed by atoms with E-state index in [1.165, 1.54) is 24.1 Å². The molecular weight excluding hydrogens is 699 g/mol. The lowest BCUT2D eigenvalue weighted by molar-refractivity contribution is -0.141. The molecule has 2 saturated heterocycles. The number of aromatic hydroxyl groups is 1. The summed E-state index contributed by atoms with van der Waals surface area (Å²) in [6.45, 7) is 1.84. The number of likely N-dealkylation sites (tertiary alicyclic amines) is 1. The molecule has 0 radical (unpaired) electrons. The van der Waals surface area contributed by atoms with Crippen LogP contribution in [0.15, 0.2) is 46.5 Å². The molecule has 6 unspecified atom stereocenters. The monoisotopic (exact) mass is 730 g/mol. The lowest BCUT2D eigenvalue weighted by Crippen LogP contribution is -2.49. The van der Waals surface area contributed by atoms with E-state index in [0.29, 0.717) is 34.9 Å². The number of hydrogen-bond acceptors (Lipinski definition) is 7. The van der Waals surface area contributed by atoms with E-state index in [2.05, 4.69) is 15.9 Å². The summed E-state index contributed by atoms with van der Waals surface area (Å²) >= 11 is 9.53. The van der Waals surface area contributed by atoms with Gasteiger partial charge < -0.3 is 14.9 Å². The largest absolute Gasteiger partial charge is 0.504 e. The van der Waals surface area contributed by atoms with Crippen LogP contribution < -0.4 is 9.64 Å². The van der Waals surface area contributed by atoms with Crippen molar-refractivity contribution in [1.29, 1.82) is 0 Å². The van der Waals surface area contributed by atoms with Crippen molar-refractivity contribution in [2.75, 3.05) is 18.6 Å². The minimum atomic E-state index is -1.44. The van der Waals surface area contributed by atoms with E-state index in [4.69, 9.17) is 21.4 Å². The van der Waals surface area contributed by atoms with Crippen molar-refractivity contribution < 1.29 is 43.3 Å². The molecule has 6 atom stereocenters. The van der Waals surface area contributed by atoms with E-state index in [-0.39, 0.29) is 59.8 Å². The highest BCUT2D eigenvalue weighted by Crippen LogP contribution is 2.65. The fraction of sp³-hybridized carbons (Fsp3) is 0.441. The Balaban J connectivity index is 1.43. The number of amides is 4. The van der Waals surface area contributed by atoms with Crippen LogP contribution in [0.1, 0.15) is 56.9 Å². The molecule has 10 nitrogen and oxygen atoms in total. The molecule has 3 fully saturated rings. The van der Waals surface area contributed by atoms with Gasteiger partial charge in [-0.3, -0.25) is 28.9 Å². The number of unbranched alkanes of at least 4 members (excludes halogenated alkanes) is 2. The van der Waals surface area contributed by atoms with Gasteiger partial charge in [-0.25, -0.2) is 9.29 Å². The Morgan fingerprint density at radius 2 is 1.83 bits per heavy atom. The number of methoxy groups -OCH3 is 1. The van der Waals surface area contributed by atoms with Crippen LogP contribution in [-0.4, -0.2) is 58.4 Å². The predicted octanol–water partition coefficient (Wildman–Crippen LogP) is 5.83. The van der Waals surface area contributed by atoms with Crippen LogP contribution in [0.4, 0.5) is 10.1 Å². The zero-order chi connectivity index (χ0) is 33.9. The van der Waals surface area contributed by atoms with Gasteiger partial charge in [0.05, 0.1) is 41.0 Å². The summed E-state index contributed by atoms with van der Waals surface area (Å²) in [5, 5.41) is 20.2. The molecule has 13 heteroatoms. The van der Waals surface area contributed by atoms with Gasteiger partial charge in [0.15, 0.2) is 11.5 Å². The normalized spacial score (nSPS) is 28.3. The third kappa shape index (κ3) is 5.24. The molecule has 2 N–H and O–H groups in total. The number of benzene rings is 2. The summed E-state index contributed by atoms with van der Waals surface area (Å²) in [6.07, 6.45) is 3.66. The van der Waals surface area contributed by atoms with E-state index in [1.54, 1.807) is 19.1 Å². The molecule has 0 spiro atoms. The Bertz CT molecular complexity index is 1750. The average molecular weight is 732 g/mol. The van der Waals surface area contributed by atoms with Crippen molar-refractivity contribution in [2.24, 2.45) is 29.1 Å². The molecule has 0 bridgehead atoms. The van der Waals surface area contributed by atoms with Gasteiger partial charge in [-0.2, -0.15) is 0 Å². The van der Waals surface area contributed by atoms with Gasteiger partial charge in [0.25, 0.3) is 0 Å². The molecule has 4 aliphatic rings. The number of anilines is 1. The zero-order valence-electron chi connectivity index (χ0n) is 25.7. The van der Waals surface area contributed by atoms with Crippen LogP contribution in [0.3, 0.4) is 0 Å². The standard InChI is InChI=1S/C34H33BrClFN2O8/c1-34-22(31(44)39(33(34)46)17-7-10-24(37)23(36)14-17)15-20-18(28(34)21-12-16(35)13-25(47-2)29(21)42)8-9-19-27(20)32(45)38(30(19)43)11-5-3-4-6-26(40)41/h7-8,10,12-14,19-20,22,27-28,42H,3-6,9,11,15H2,1-2H3,(H,40,41). The topological polar surface area (TPSA) is 142 Å². The number of halogens is 3. The van der Waals surface area contributed by atoms with Gasteiger partial charge >= 0.3 is 5.97 Å². The Morgan fingerprint density at radius 3 is 2.51 bits per heavy atom. The summed E-state index contributed by atoms with van der Waals surface area (Å²) in [6, 6.07) is 6.85. The summed E-state index contributed by atoms with van der Waals surface area (Å²) in [7, 11) is 1.40. The SMILES string of the molecule is COc1cc(Br)cc(C2C3=CCC4C(=O)N(CCCCCC(=O)O)C(=O)C4C3CC3C(=O)N(c4ccc(F)c(Cl)c4)C(=O)C32C)c1O. The number of carboxylic acids is 1. The molecule has 2 aromatic carbocycles. The second-order valence-electron chi connectivity index (χ2n) is 12.8. The van der Waals surface area contributed by atoms with Crippen molar-refractivity contribution in [1.82, 2.24) is 4.90 Å². The predicted molar refractivity (Wildman–Crippen MR) is 171 cm³/mol. The van der Waals surface area contributed by atoms with E-state index < -0.39 is 58.6 Å². The average Bonchev–Trinajstić information content (AvgIpc) is 3.38. The Kier molecular flexibility index (Phi) is 8.71. The Labute approximate surface area is 283 Å². The summed E-state index contributed by atoms with van der Waals surface area (Å²) in [5.41, 5.74) is -0.325. The van der Waals surface area contributed by atoms with E-state index >= 15 is 0 Å². The second kappa shape index (κ2) is 12.4. The highest BCUT2D eigenvalue weighted by Gasteiger charge is 2.68. The van der Waals surface area contributed by atoms with Crippen LogP contribution >= 0.6 is 27.5 Å². The van der Waals surface area contributed by atoms with Crippen LogP contribution in [0.5, 0.6) is 11.5 Å². The van der Waals surface area contributed by atoms with E-state index in [0.717, 1.165) is 11.0 Å². The van der Waals surface area contributed by atoms with Crippen LogP contribution in [0.25, 0.3) is 0 Å². The van der Waals surface area contributed by atoms with Gasteiger partial charge in [0, 0.05) is 28.9 Å². The number of phenols is 1. The third-order valence-corrected chi connectivity index (χ3v) is 11.1. The first kappa shape index (κ1) is 33.1. The number of allylic oxidation sites excluding steroid dienone is 2. The molecule has 1 saturated carbocycles. The number of carboxylic acid groups (broad SMARTS) is 1. The lowest BCUT2D eigenvalue weighted by atomic mass is 9.51. The summed E-state index contributed by atoms with van der Waals surface area (Å²) < 4.78 is 20.1. The molecule has 4 amide bonds. The highest BCUT2D eigenvalue weighted by molar-refractivity contribution is 9.10. The number of aliphatic carboxylic acids is 1. The van der Waals surface area contributed by atoms with Gasteiger partial charge in [-0.1, -0.05) is 45.6 Å². The maximum Gasteiger partial charge on any atom is 0.303 e. The highest BCUT2D eigenvalue weighted by atomic mass is 79.9. The lowest BCUT2D eigenvalue weighted by Gasteiger charge is -2.49. The molecule has 2 aliphatic heterocycles. The van der Waals surface area contributed by atoms with Gasteiger partial charge in [0.2, 0.25) is 23.6 Å². The molecule has 2 aromatic rings. The number of hydrogen-bond donors (Lipinski definition) is 2. The molecule has 47 heavy (non-hydrogen) atoms. The van der Waals surface area contributed by atoms with Crippen LogP contribution in [0, 0.1) is 34.9 Å². The van der Waals surface area contributed by atoms with Crippen molar-refractivity contribution in [3.05, 3.63) is 62.9 Å². The smallest absolute Gasteiger partial charge is 0.303 e. The second-order valence-corrected chi connectivity index (χ2v) is 14.2. The maximum absolute atomic E-state index is 14.5. The van der Waals surface area contributed by atoms with Crippen molar-refractivity contribution in [3.8, 4) is 11.5 Å². The maximum atomic E-state index is 14.5. The number of phenolic OH excluding ortho intramolecular Hbond substituents is 1. The third-order valence-electron chi connectivity index (χ3n) is 10.4. The first-order valence-electron chi connectivity index (χ1n) is 15.5. The van der Waals surface area contributed by atoms with Crippen molar-refractivity contribution in [2.45, 2.75) is 51.4 Å². The quantitative estimate of drug-likeness (QED) is 0.187. The molecule has 2 aliphatic carbocycles. The Morgan fingerprint density at radius 1 is 1.09 bits per heavy atom. The van der Waals surface area contributed by atoms with Crippen LogP contribution in [-0.2, 0) is 24.0 Å². The summed E-state index contributed by atoms with van der Waals surface area (Å²) in [5.74, 6) is -7.31.